The van der Waals surface area contributed by atoms with E-state index < -0.39 is 22.5 Å². The van der Waals surface area contributed by atoms with Crippen molar-refractivity contribution in [1.82, 2.24) is 0 Å². The van der Waals surface area contributed by atoms with E-state index in [2.05, 4.69) is 0 Å². The minimum Gasteiger partial charge on any atom is -0.204 e. The largest absolute Gasteiger partial charge is 0.204 e. The van der Waals surface area contributed by atoms with Crippen molar-refractivity contribution in [3.05, 3.63) is 34.1 Å². The van der Waals surface area contributed by atoms with Crippen LogP contribution in [0.5, 0.6) is 0 Å². The number of halogens is 4. The third kappa shape index (κ3) is 1.76. The number of nitriles is 1. The van der Waals surface area contributed by atoms with Gasteiger partial charge in [0.2, 0.25) is 0 Å². The van der Waals surface area contributed by atoms with Crippen LogP contribution >= 0.6 is 11.6 Å². The van der Waals surface area contributed by atoms with E-state index in [4.69, 9.17) is 16.9 Å². The highest BCUT2D eigenvalue weighted by Gasteiger charge is 2.16. The number of nitrogens with zero attached hydrogens (tertiary/aromatic N) is 1. The molecule has 1 aromatic carbocycles. The van der Waals surface area contributed by atoms with Crippen LogP contribution in [0.4, 0.5) is 13.2 Å². The molecule has 0 saturated heterocycles. The average molecular weight is 206 g/mol. The van der Waals surface area contributed by atoms with Gasteiger partial charge >= 0.3 is 0 Å². The van der Waals surface area contributed by atoms with E-state index >= 15 is 0 Å². The molecule has 68 valence electrons. The van der Waals surface area contributed by atoms with Gasteiger partial charge in [-0.2, -0.15) is 5.26 Å². The molecule has 1 nitrogen and oxygen atoms in total. The predicted molar refractivity (Wildman–Crippen MR) is 40.6 cm³/mol. The van der Waals surface area contributed by atoms with Gasteiger partial charge in [0.25, 0.3) is 0 Å². The van der Waals surface area contributed by atoms with Crippen LogP contribution in [0.1, 0.15) is 5.56 Å². The van der Waals surface area contributed by atoms with Crippen LogP contribution in [0.25, 0.3) is 0 Å². The fraction of sp³-hybridized carbons (Fsp3) is 0.125. The van der Waals surface area contributed by atoms with E-state index in [1.54, 1.807) is 6.07 Å². The van der Waals surface area contributed by atoms with Crippen LogP contribution in [0.15, 0.2) is 6.07 Å². The highest BCUT2D eigenvalue weighted by Crippen LogP contribution is 2.24. The lowest BCUT2D eigenvalue weighted by molar-refractivity contribution is 0.446. The summed E-state index contributed by atoms with van der Waals surface area (Å²) < 4.78 is 37.8. The molecular formula is C8H3ClF3N. The van der Waals surface area contributed by atoms with Gasteiger partial charge in [0.15, 0.2) is 17.5 Å². The SMILES string of the molecule is N#CCc1cc(F)c(F)c(F)c1Cl. The minimum atomic E-state index is -1.62. The number of hydrogen-bond acceptors (Lipinski definition) is 1. The molecule has 0 fully saturated rings. The van der Waals surface area contributed by atoms with Crippen LogP contribution in [0.2, 0.25) is 5.02 Å². The Morgan fingerprint density at radius 3 is 2.46 bits per heavy atom. The molecule has 0 saturated carbocycles. The summed E-state index contributed by atoms with van der Waals surface area (Å²) in [6.45, 7) is 0. The lowest BCUT2D eigenvalue weighted by Crippen LogP contribution is -1.96. The lowest BCUT2D eigenvalue weighted by atomic mass is 10.1. The summed E-state index contributed by atoms with van der Waals surface area (Å²) in [5, 5.41) is 7.71. The first kappa shape index (κ1) is 9.87. The highest BCUT2D eigenvalue weighted by molar-refractivity contribution is 6.31. The van der Waals surface area contributed by atoms with Gasteiger partial charge in [-0.25, -0.2) is 13.2 Å². The average Bonchev–Trinajstić information content (AvgIpc) is 2.11. The Balaban J connectivity index is 3.34. The monoisotopic (exact) mass is 205 g/mol. The van der Waals surface area contributed by atoms with E-state index in [9.17, 15) is 13.2 Å². The summed E-state index contributed by atoms with van der Waals surface area (Å²) in [6.07, 6.45) is -0.257. The van der Waals surface area contributed by atoms with E-state index in [0.29, 0.717) is 6.07 Å². The van der Waals surface area contributed by atoms with Crippen molar-refractivity contribution >= 4 is 11.6 Å². The third-order valence-corrected chi connectivity index (χ3v) is 1.86. The fourth-order valence-corrected chi connectivity index (χ4v) is 1.04. The summed E-state index contributed by atoms with van der Waals surface area (Å²) in [5.41, 5.74) is -0.0550. The standard InChI is InChI=1S/C8H3ClF3N/c9-6-4(1-2-13)3-5(10)7(11)8(6)12/h3H,1H2. The Labute approximate surface area is 77.4 Å². The molecule has 0 heterocycles. The summed E-state index contributed by atoms with van der Waals surface area (Å²) in [7, 11) is 0. The maximum Gasteiger partial charge on any atom is 0.195 e. The number of benzene rings is 1. The Kier molecular flexibility index (Phi) is 2.79. The van der Waals surface area contributed by atoms with Crippen molar-refractivity contribution in [2.45, 2.75) is 6.42 Å². The zero-order valence-electron chi connectivity index (χ0n) is 6.24. The summed E-state index contributed by atoms with van der Waals surface area (Å²) in [5.74, 6) is -4.41. The van der Waals surface area contributed by atoms with E-state index in [1.165, 1.54) is 0 Å². The third-order valence-electron chi connectivity index (χ3n) is 1.45. The van der Waals surface area contributed by atoms with Crippen LogP contribution in [-0.4, -0.2) is 0 Å². The van der Waals surface area contributed by atoms with E-state index in [-0.39, 0.29) is 12.0 Å². The van der Waals surface area contributed by atoms with Crippen molar-refractivity contribution in [1.29, 1.82) is 5.26 Å². The topological polar surface area (TPSA) is 23.8 Å². The molecule has 0 N–H and O–H groups in total. The van der Waals surface area contributed by atoms with Crippen molar-refractivity contribution in [2.24, 2.45) is 0 Å². The van der Waals surface area contributed by atoms with Crippen LogP contribution in [-0.2, 0) is 6.42 Å². The molecular weight excluding hydrogens is 203 g/mol. The summed E-state index contributed by atoms with van der Waals surface area (Å²) in [4.78, 5) is 0. The molecule has 1 aromatic rings. The molecule has 0 spiro atoms. The smallest absolute Gasteiger partial charge is 0.195 e. The Morgan fingerprint density at radius 1 is 1.31 bits per heavy atom. The van der Waals surface area contributed by atoms with Crippen molar-refractivity contribution in [2.75, 3.05) is 0 Å². The fourth-order valence-electron chi connectivity index (χ4n) is 0.836. The van der Waals surface area contributed by atoms with Crippen molar-refractivity contribution in [3.8, 4) is 6.07 Å². The van der Waals surface area contributed by atoms with Gasteiger partial charge in [-0.3, -0.25) is 0 Å². The van der Waals surface area contributed by atoms with Crippen LogP contribution in [0.3, 0.4) is 0 Å². The molecule has 1 rings (SSSR count). The molecule has 5 heteroatoms. The van der Waals surface area contributed by atoms with Gasteiger partial charge in [-0.15, -0.1) is 0 Å². The van der Waals surface area contributed by atoms with Gasteiger partial charge in [-0.05, 0) is 11.6 Å². The minimum absolute atomic E-state index is 0.0550. The van der Waals surface area contributed by atoms with Crippen LogP contribution < -0.4 is 0 Å². The molecule has 0 unspecified atom stereocenters. The molecule has 0 amide bonds. The summed E-state index contributed by atoms with van der Waals surface area (Å²) in [6, 6.07) is 2.37. The Hall–Kier alpha value is -1.21. The predicted octanol–water partition coefficient (Wildman–Crippen LogP) is 2.82. The van der Waals surface area contributed by atoms with Gasteiger partial charge in [0.05, 0.1) is 17.5 Å². The quantitative estimate of drug-likeness (QED) is 0.511. The second-order valence-electron chi connectivity index (χ2n) is 2.29. The number of hydrogen-bond donors (Lipinski definition) is 0. The van der Waals surface area contributed by atoms with Crippen molar-refractivity contribution in [3.63, 3.8) is 0 Å². The maximum atomic E-state index is 12.7. The van der Waals surface area contributed by atoms with Gasteiger partial charge in [0, 0.05) is 0 Å². The highest BCUT2D eigenvalue weighted by atomic mass is 35.5. The molecule has 0 aliphatic heterocycles. The normalized spacial score (nSPS) is 9.77. The van der Waals surface area contributed by atoms with E-state index in [1.807, 2.05) is 0 Å². The molecule has 0 radical (unpaired) electrons. The molecule has 0 bridgehead atoms. The Bertz CT molecular complexity index is 384. The zero-order chi connectivity index (χ0) is 10.0. The molecule has 0 atom stereocenters. The van der Waals surface area contributed by atoms with Gasteiger partial charge < -0.3 is 0 Å². The summed E-state index contributed by atoms with van der Waals surface area (Å²) >= 11 is 5.32. The Morgan fingerprint density at radius 2 is 1.92 bits per heavy atom. The van der Waals surface area contributed by atoms with Gasteiger partial charge in [-0.1, -0.05) is 11.6 Å². The molecule has 0 aromatic heterocycles. The van der Waals surface area contributed by atoms with E-state index in [0.717, 1.165) is 0 Å². The van der Waals surface area contributed by atoms with Gasteiger partial charge in [0.1, 0.15) is 0 Å². The molecule has 0 aliphatic rings. The first-order valence-corrected chi connectivity index (χ1v) is 3.64. The first-order valence-electron chi connectivity index (χ1n) is 3.26. The second-order valence-corrected chi connectivity index (χ2v) is 2.67. The van der Waals surface area contributed by atoms with Crippen LogP contribution in [0, 0.1) is 28.8 Å². The van der Waals surface area contributed by atoms with Crippen molar-refractivity contribution < 1.29 is 13.2 Å². The number of rotatable bonds is 1. The lowest BCUT2D eigenvalue weighted by Gasteiger charge is -2.02. The first-order chi connectivity index (χ1) is 6.07. The molecule has 13 heavy (non-hydrogen) atoms. The zero-order valence-corrected chi connectivity index (χ0v) is 7.00. The second kappa shape index (κ2) is 3.67. The maximum absolute atomic E-state index is 12.7. The molecule has 0 aliphatic carbocycles.